The summed E-state index contributed by atoms with van der Waals surface area (Å²) in [4.78, 5) is 37.3. The Balaban J connectivity index is 1.81. The van der Waals surface area contributed by atoms with Crippen LogP contribution in [0.3, 0.4) is 0 Å². The van der Waals surface area contributed by atoms with Crippen LogP contribution in [0.1, 0.15) is 39.6 Å². The first-order chi connectivity index (χ1) is 12.4. The Morgan fingerprint density at radius 2 is 1.77 bits per heavy atom. The average Bonchev–Trinajstić information content (AvgIpc) is 2.74. The minimum Gasteiger partial charge on any atom is -0.478 e. The highest BCUT2D eigenvalue weighted by molar-refractivity contribution is 6.05. The molecule has 1 atom stereocenters. The van der Waals surface area contributed by atoms with Crippen molar-refractivity contribution < 1.29 is 19.5 Å². The van der Waals surface area contributed by atoms with Gasteiger partial charge in [-0.2, -0.15) is 0 Å². The van der Waals surface area contributed by atoms with Crippen molar-refractivity contribution >= 4 is 29.2 Å². The molecule has 0 aliphatic carbocycles. The summed E-state index contributed by atoms with van der Waals surface area (Å²) in [7, 11) is 1.76. The number of hydrogen-bond donors (Lipinski definition) is 2. The summed E-state index contributed by atoms with van der Waals surface area (Å²) < 4.78 is 0. The number of amides is 2. The molecule has 3 rings (SSSR count). The molecule has 0 saturated heterocycles. The van der Waals surface area contributed by atoms with Gasteiger partial charge in [0.1, 0.15) is 0 Å². The van der Waals surface area contributed by atoms with Gasteiger partial charge in [0.15, 0.2) is 0 Å². The number of anilines is 2. The Kier molecular flexibility index (Phi) is 4.75. The van der Waals surface area contributed by atoms with Crippen LogP contribution in [-0.4, -0.2) is 29.9 Å². The smallest absolute Gasteiger partial charge is 0.335 e. The van der Waals surface area contributed by atoms with Gasteiger partial charge >= 0.3 is 5.97 Å². The Hall–Kier alpha value is -3.15. The van der Waals surface area contributed by atoms with E-state index in [1.54, 1.807) is 36.2 Å². The van der Waals surface area contributed by atoms with Gasteiger partial charge in [0.05, 0.1) is 5.56 Å². The lowest BCUT2D eigenvalue weighted by atomic mass is 10.0. The van der Waals surface area contributed by atoms with Crippen LogP contribution in [0.25, 0.3) is 0 Å². The zero-order chi connectivity index (χ0) is 18.8. The number of aromatic carboxylic acids is 1. The Labute approximate surface area is 151 Å². The fourth-order valence-corrected chi connectivity index (χ4v) is 3.10. The summed E-state index contributed by atoms with van der Waals surface area (Å²) >= 11 is 0. The van der Waals surface area contributed by atoms with E-state index >= 15 is 0 Å². The van der Waals surface area contributed by atoms with Gasteiger partial charge in [-0.1, -0.05) is 6.92 Å². The summed E-state index contributed by atoms with van der Waals surface area (Å²) in [6.45, 7) is 1.92. The van der Waals surface area contributed by atoms with E-state index in [1.165, 1.54) is 12.1 Å². The normalized spacial score (nSPS) is 16.6. The van der Waals surface area contributed by atoms with Crippen molar-refractivity contribution in [1.29, 1.82) is 0 Å². The molecule has 0 radical (unpaired) electrons. The molecule has 26 heavy (non-hydrogen) atoms. The third-order valence-electron chi connectivity index (χ3n) is 4.69. The first kappa shape index (κ1) is 17.7. The Morgan fingerprint density at radius 1 is 1.12 bits per heavy atom. The molecule has 1 unspecified atom stereocenters. The molecule has 2 amide bonds. The molecule has 0 saturated carbocycles. The highest BCUT2D eigenvalue weighted by Gasteiger charge is 2.25. The van der Waals surface area contributed by atoms with Crippen LogP contribution >= 0.6 is 0 Å². The number of carbonyl (C=O) groups is 3. The molecule has 0 spiro atoms. The molecular formula is C20H20N2O4. The topological polar surface area (TPSA) is 86.7 Å². The highest BCUT2D eigenvalue weighted by Crippen LogP contribution is 2.29. The van der Waals surface area contributed by atoms with Crippen LogP contribution in [-0.2, 0) is 11.2 Å². The minimum atomic E-state index is -1.01. The van der Waals surface area contributed by atoms with E-state index in [0.717, 1.165) is 24.1 Å². The third-order valence-corrected chi connectivity index (χ3v) is 4.69. The lowest BCUT2D eigenvalue weighted by Gasteiger charge is -2.19. The fourth-order valence-electron chi connectivity index (χ4n) is 3.10. The molecule has 6 heteroatoms. The van der Waals surface area contributed by atoms with Crippen LogP contribution in [0.2, 0.25) is 0 Å². The number of nitrogens with zero attached hydrogens (tertiary/aromatic N) is 1. The molecule has 2 aromatic carbocycles. The second-order valence-electron chi connectivity index (χ2n) is 6.52. The summed E-state index contributed by atoms with van der Waals surface area (Å²) in [5.74, 6) is -1.25. The first-order valence-corrected chi connectivity index (χ1v) is 8.42. The first-order valence-electron chi connectivity index (χ1n) is 8.42. The number of carboxylic acids is 1. The van der Waals surface area contributed by atoms with Crippen molar-refractivity contribution in [2.24, 2.45) is 5.92 Å². The Morgan fingerprint density at radius 3 is 2.42 bits per heavy atom. The number of carboxylic acid groups (broad SMARTS) is 1. The number of carbonyl (C=O) groups excluding carboxylic acids is 2. The second kappa shape index (κ2) is 7.00. The van der Waals surface area contributed by atoms with Gasteiger partial charge in [-0.05, 0) is 60.9 Å². The number of benzene rings is 2. The van der Waals surface area contributed by atoms with Crippen LogP contribution in [0.5, 0.6) is 0 Å². The maximum atomic E-state index is 12.5. The molecule has 0 aromatic heterocycles. The van der Waals surface area contributed by atoms with Crippen molar-refractivity contribution in [2.75, 3.05) is 17.3 Å². The van der Waals surface area contributed by atoms with Gasteiger partial charge < -0.3 is 15.3 Å². The average molecular weight is 352 g/mol. The number of rotatable bonds is 3. The predicted octanol–water partition coefficient (Wildman–Crippen LogP) is 3.18. The maximum absolute atomic E-state index is 12.5. The summed E-state index contributed by atoms with van der Waals surface area (Å²) in [6, 6.07) is 11.3. The van der Waals surface area contributed by atoms with Crippen LogP contribution in [0.15, 0.2) is 42.5 Å². The minimum absolute atomic E-state index is 0.0440. The zero-order valence-electron chi connectivity index (χ0n) is 14.7. The molecule has 1 aliphatic rings. The molecule has 0 bridgehead atoms. The van der Waals surface area contributed by atoms with Crippen molar-refractivity contribution in [1.82, 2.24) is 0 Å². The van der Waals surface area contributed by atoms with E-state index in [0.29, 0.717) is 11.3 Å². The van der Waals surface area contributed by atoms with Crippen molar-refractivity contribution in [3.05, 3.63) is 59.2 Å². The summed E-state index contributed by atoms with van der Waals surface area (Å²) in [6.07, 6.45) is 1.49. The molecule has 6 nitrogen and oxygen atoms in total. The molecule has 1 heterocycles. The lowest BCUT2D eigenvalue weighted by molar-refractivity contribution is -0.121. The van der Waals surface area contributed by atoms with Gasteiger partial charge in [-0.25, -0.2) is 4.79 Å². The van der Waals surface area contributed by atoms with Gasteiger partial charge in [-0.3, -0.25) is 9.59 Å². The van der Waals surface area contributed by atoms with E-state index < -0.39 is 5.97 Å². The van der Waals surface area contributed by atoms with Gasteiger partial charge in [0.2, 0.25) is 5.91 Å². The molecule has 1 aliphatic heterocycles. The van der Waals surface area contributed by atoms with E-state index in [9.17, 15) is 14.4 Å². The largest absolute Gasteiger partial charge is 0.478 e. The van der Waals surface area contributed by atoms with Gasteiger partial charge in [0.25, 0.3) is 5.91 Å². The molecule has 2 N–H and O–H groups in total. The van der Waals surface area contributed by atoms with E-state index in [-0.39, 0.29) is 23.3 Å². The summed E-state index contributed by atoms with van der Waals surface area (Å²) in [5.41, 5.74) is 2.99. The fraction of sp³-hybridized carbons (Fsp3) is 0.250. The highest BCUT2D eigenvalue weighted by atomic mass is 16.4. The molecule has 2 aromatic rings. The van der Waals surface area contributed by atoms with E-state index in [1.807, 2.05) is 13.0 Å². The van der Waals surface area contributed by atoms with Gasteiger partial charge in [-0.15, -0.1) is 0 Å². The molecule has 134 valence electrons. The van der Waals surface area contributed by atoms with Crippen LogP contribution in [0, 0.1) is 5.92 Å². The SMILES string of the molecule is CC1CCc2cc(C(=O)Nc3ccc(C(=O)O)cc3)ccc2N(C)C1=O. The van der Waals surface area contributed by atoms with Crippen LogP contribution in [0.4, 0.5) is 11.4 Å². The number of hydrogen-bond acceptors (Lipinski definition) is 3. The van der Waals surface area contributed by atoms with Crippen molar-refractivity contribution in [3.8, 4) is 0 Å². The number of fused-ring (bicyclic) bond motifs is 1. The monoisotopic (exact) mass is 352 g/mol. The Bertz CT molecular complexity index is 874. The third kappa shape index (κ3) is 3.44. The lowest BCUT2D eigenvalue weighted by Crippen LogP contribution is -2.30. The van der Waals surface area contributed by atoms with Crippen molar-refractivity contribution in [2.45, 2.75) is 19.8 Å². The second-order valence-corrected chi connectivity index (χ2v) is 6.52. The van der Waals surface area contributed by atoms with Crippen molar-refractivity contribution in [3.63, 3.8) is 0 Å². The number of aryl methyl sites for hydroxylation is 1. The molecule has 0 fully saturated rings. The molecular weight excluding hydrogens is 332 g/mol. The standard InChI is InChI=1S/C20H20N2O4/c1-12-3-4-14-11-15(7-10-17(14)22(2)19(12)24)18(23)21-16-8-5-13(6-9-16)20(25)26/h5-12H,3-4H2,1-2H3,(H,21,23)(H,25,26). The van der Waals surface area contributed by atoms with Gasteiger partial charge in [0, 0.05) is 29.9 Å². The number of nitrogens with one attached hydrogen (secondary N) is 1. The summed E-state index contributed by atoms with van der Waals surface area (Å²) in [5, 5.41) is 11.7. The van der Waals surface area contributed by atoms with E-state index in [4.69, 9.17) is 5.11 Å². The van der Waals surface area contributed by atoms with E-state index in [2.05, 4.69) is 5.32 Å². The maximum Gasteiger partial charge on any atom is 0.335 e. The predicted molar refractivity (Wildman–Crippen MR) is 98.7 cm³/mol. The quantitative estimate of drug-likeness (QED) is 0.888. The van der Waals surface area contributed by atoms with Crippen LogP contribution < -0.4 is 10.2 Å². The zero-order valence-corrected chi connectivity index (χ0v) is 14.7.